The van der Waals surface area contributed by atoms with Crippen LogP contribution in [0.1, 0.15) is 20.8 Å². The molecule has 0 amide bonds. The van der Waals surface area contributed by atoms with E-state index in [1.165, 1.54) is 0 Å². The van der Waals surface area contributed by atoms with Crippen molar-refractivity contribution in [2.45, 2.75) is 26.4 Å². The van der Waals surface area contributed by atoms with Crippen molar-refractivity contribution in [1.82, 2.24) is 0 Å². The molecule has 0 rings (SSSR count). The zero-order valence-corrected chi connectivity index (χ0v) is 7.73. The van der Waals surface area contributed by atoms with E-state index in [1.54, 1.807) is 20.8 Å². The highest BCUT2D eigenvalue weighted by molar-refractivity contribution is 5.85. The van der Waals surface area contributed by atoms with Gasteiger partial charge in [0.15, 0.2) is 6.61 Å². The van der Waals surface area contributed by atoms with Gasteiger partial charge in [0.25, 0.3) is 0 Å². The minimum atomic E-state index is -0.463. The van der Waals surface area contributed by atoms with Gasteiger partial charge in [-0.3, -0.25) is 4.84 Å². The summed E-state index contributed by atoms with van der Waals surface area (Å²) in [5, 5.41) is 0. The summed E-state index contributed by atoms with van der Waals surface area (Å²) in [7, 11) is 0. The molecule has 0 spiro atoms. The summed E-state index contributed by atoms with van der Waals surface area (Å²) in [6.45, 7) is 5.14. The van der Waals surface area contributed by atoms with Crippen molar-refractivity contribution < 1.29 is 14.4 Å². The van der Waals surface area contributed by atoms with Gasteiger partial charge in [0.2, 0.25) is 0 Å². The molecule has 0 radical (unpaired) electrons. The van der Waals surface area contributed by atoms with Gasteiger partial charge in [-0.05, 0) is 20.8 Å². The van der Waals surface area contributed by atoms with Crippen LogP contribution in [0.3, 0.4) is 0 Å². The van der Waals surface area contributed by atoms with Crippen molar-refractivity contribution in [2.24, 2.45) is 5.90 Å². The van der Waals surface area contributed by atoms with E-state index in [1.807, 2.05) is 0 Å². The second-order valence-electron chi connectivity index (χ2n) is 2.90. The van der Waals surface area contributed by atoms with Gasteiger partial charge in [0.1, 0.15) is 5.60 Å². The molecule has 4 nitrogen and oxygen atoms in total. The SMILES string of the molecule is CC(C)(C)OC(=O)CON.Cl. The molecule has 68 valence electrons. The Morgan fingerprint density at radius 2 is 1.91 bits per heavy atom. The van der Waals surface area contributed by atoms with Crippen LogP contribution in [-0.4, -0.2) is 18.2 Å². The third kappa shape index (κ3) is 9.68. The molecule has 2 N–H and O–H groups in total. The predicted molar refractivity (Wildman–Crippen MR) is 43.2 cm³/mol. The van der Waals surface area contributed by atoms with Crippen LogP contribution in [-0.2, 0) is 14.4 Å². The predicted octanol–water partition coefficient (Wildman–Crippen LogP) is 0.640. The molecule has 0 aromatic rings. The maximum absolute atomic E-state index is 10.6. The summed E-state index contributed by atoms with van der Waals surface area (Å²) in [6, 6.07) is 0. The maximum Gasteiger partial charge on any atom is 0.334 e. The number of hydrogen-bond donors (Lipinski definition) is 1. The number of carbonyl (C=O) groups excluding carboxylic acids is 1. The number of carbonyl (C=O) groups is 1. The Kier molecular flexibility index (Phi) is 6.46. The molecule has 0 heterocycles. The minimum absolute atomic E-state index is 0. The van der Waals surface area contributed by atoms with Crippen molar-refractivity contribution in [2.75, 3.05) is 6.61 Å². The summed E-state index contributed by atoms with van der Waals surface area (Å²) in [4.78, 5) is 14.7. The largest absolute Gasteiger partial charge is 0.458 e. The van der Waals surface area contributed by atoms with Crippen LogP contribution in [0.2, 0.25) is 0 Å². The molecule has 0 fully saturated rings. The zero-order chi connectivity index (χ0) is 8.20. The number of hydrogen-bond acceptors (Lipinski definition) is 4. The third-order valence-corrected chi connectivity index (χ3v) is 0.621. The van der Waals surface area contributed by atoms with Gasteiger partial charge in [0, 0.05) is 0 Å². The van der Waals surface area contributed by atoms with Crippen LogP contribution < -0.4 is 5.90 Å². The maximum atomic E-state index is 10.6. The van der Waals surface area contributed by atoms with E-state index >= 15 is 0 Å². The van der Waals surface area contributed by atoms with Gasteiger partial charge in [-0.15, -0.1) is 12.4 Å². The molecule has 11 heavy (non-hydrogen) atoms. The summed E-state index contributed by atoms with van der Waals surface area (Å²) < 4.78 is 4.83. The Bertz CT molecular complexity index is 121. The molecule has 0 saturated carbocycles. The topological polar surface area (TPSA) is 61.5 Å². The van der Waals surface area contributed by atoms with Crippen LogP contribution in [0.15, 0.2) is 0 Å². The number of esters is 1. The number of nitrogens with two attached hydrogens (primary N) is 1. The Balaban J connectivity index is 0. The lowest BCUT2D eigenvalue weighted by Crippen LogP contribution is -2.27. The lowest BCUT2D eigenvalue weighted by atomic mass is 10.2. The van der Waals surface area contributed by atoms with E-state index in [2.05, 4.69) is 10.7 Å². The van der Waals surface area contributed by atoms with E-state index in [0.717, 1.165) is 0 Å². The fourth-order valence-corrected chi connectivity index (χ4v) is 0.439. The van der Waals surface area contributed by atoms with E-state index < -0.39 is 11.6 Å². The molecule has 0 aliphatic rings. The first-order valence-corrected chi connectivity index (χ1v) is 2.99. The number of rotatable bonds is 2. The normalized spacial score (nSPS) is 10.2. The molecule has 5 heteroatoms. The molecular weight excluding hydrogens is 170 g/mol. The molecule has 0 aliphatic heterocycles. The quantitative estimate of drug-likeness (QED) is 0.504. The lowest BCUT2D eigenvalue weighted by molar-refractivity contribution is -0.160. The summed E-state index contributed by atoms with van der Waals surface area (Å²) >= 11 is 0. The monoisotopic (exact) mass is 183 g/mol. The van der Waals surface area contributed by atoms with E-state index in [-0.39, 0.29) is 19.0 Å². The second kappa shape index (κ2) is 5.35. The van der Waals surface area contributed by atoms with Gasteiger partial charge in [-0.25, -0.2) is 10.7 Å². The second-order valence-corrected chi connectivity index (χ2v) is 2.90. The molecule has 0 bridgehead atoms. The highest BCUT2D eigenvalue weighted by atomic mass is 35.5. The molecule has 0 saturated heterocycles. The van der Waals surface area contributed by atoms with Gasteiger partial charge in [-0.2, -0.15) is 0 Å². The average Bonchev–Trinajstić information content (AvgIpc) is 1.59. The Morgan fingerprint density at radius 3 is 2.18 bits per heavy atom. The Labute approximate surface area is 72.4 Å². The van der Waals surface area contributed by atoms with Crippen LogP contribution >= 0.6 is 12.4 Å². The van der Waals surface area contributed by atoms with Crippen LogP contribution in [0.4, 0.5) is 0 Å². The minimum Gasteiger partial charge on any atom is -0.458 e. The van der Waals surface area contributed by atoms with Gasteiger partial charge in [-0.1, -0.05) is 0 Å². The fraction of sp³-hybridized carbons (Fsp3) is 0.833. The summed E-state index contributed by atoms with van der Waals surface area (Å²) in [6.07, 6.45) is 0. The number of halogens is 1. The highest BCUT2D eigenvalue weighted by Crippen LogP contribution is 2.06. The summed E-state index contributed by atoms with van der Waals surface area (Å²) in [5.41, 5.74) is -0.463. The standard InChI is InChI=1S/C6H13NO3.ClH/c1-6(2,3)10-5(8)4-9-7;/h4,7H2,1-3H3;1H. The molecular formula is C6H14ClNO3. The van der Waals surface area contributed by atoms with Crippen molar-refractivity contribution >= 4 is 18.4 Å². The van der Waals surface area contributed by atoms with Crippen LogP contribution in [0, 0.1) is 0 Å². The van der Waals surface area contributed by atoms with E-state index in [0.29, 0.717) is 0 Å². The van der Waals surface area contributed by atoms with Crippen LogP contribution in [0.5, 0.6) is 0 Å². The lowest BCUT2D eigenvalue weighted by Gasteiger charge is -2.18. The van der Waals surface area contributed by atoms with E-state index in [9.17, 15) is 4.79 Å². The highest BCUT2D eigenvalue weighted by Gasteiger charge is 2.15. The van der Waals surface area contributed by atoms with Crippen molar-refractivity contribution in [3.8, 4) is 0 Å². The first-order chi connectivity index (χ1) is 4.45. The van der Waals surface area contributed by atoms with Gasteiger partial charge >= 0.3 is 5.97 Å². The molecule has 0 aromatic heterocycles. The summed E-state index contributed by atoms with van der Waals surface area (Å²) in [5.74, 6) is 4.20. The fourth-order valence-electron chi connectivity index (χ4n) is 0.439. The molecule has 0 atom stereocenters. The average molecular weight is 184 g/mol. The van der Waals surface area contributed by atoms with Crippen molar-refractivity contribution in [3.05, 3.63) is 0 Å². The first kappa shape index (κ1) is 13.3. The van der Waals surface area contributed by atoms with Crippen molar-refractivity contribution in [3.63, 3.8) is 0 Å². The van der Waals surface area contributed by atoms with Gasteiger partial charge < -0.3 is 4.74 Å². The Morgan fingerprint density at radius 1 is 1.45 bits per heavy atom. The van der Waals surface area contributed by atoms with E-state index in [4.69, 9.17) is 4.74 Å². The smallest absolute Gasteiger partial charge is 0.334 e. The molecule has 0 aromatic carbocycles. The molecule has 0 aliphatic carbocycles. The van der Waals surface area contributed by atoms with Crippen molar-refractivity contribution in [1.29, 1.82) is 0 Å². The van der Waals surface area contributed by atoms with Crippen LogP contribution in [0.25, 0.3) is 0 Å². The zero-order valence-electron chi connectivity index (χ0n) is 6.92. The first-order valence-electron chi connectivity index (χ1n) is 2.99. The van der Waals surface area contributed by atoms with Gasteiger partial charge in [0.05, 0.1) is 0 Å². The Hall–Kier alpha value is -0.320. The molecule has 0 unspecified atom stereocenters. The number of ether oxygens (including phenoxy) is 1. The third-order valence-electron chi connectivity index (χ3n) is 0.621.